The van der Waals surface area contributed by atoms with Gasteiger partial charge in [-0.2, -0.15) is 0 Å². The van der Waals surface area contributed by atoms with Crippen LogP contribution in [-0.2, 0) is 0 Å². The third-order valence-electron chi connectivity index (χ3n) is 3.63. The van der Waals surface area contributed by atoms with Crippen molar-refractivity contribution < 1.29 is 9.90 Å². The Morgan fingerprint density at radius 2 is 1.95 bits per heavy atom. The van der Waals surface area contributed by atoms with Crippen molar-refractivity contribution in [2.75, 3.05) is 6.61 Å². The average Bonchev–Trinajstić information content (AvgIpc) is 2.39. The predicted molar refractivity (Wildman–Crippen MR) is 81.8 cm³/mol. The molecule has 0 aromatic heterocycles. The quantitative estimate of drug-likeness (QED) is 0.749. The van der Waals surface area contributed by atoms with Gasteiger partial charge in [-0.1, -0.05) is 18.2 Å². The molecule has 4 heteroatoms. The standard InChI is InChI=1S/C16H26N2O2/c1-11-7-5-9-15(13(11)3)14(4)18-16(20)17-12(2)8-6-10-19/h5,7,9,12,14,19H,6,8,10H2,1-4H3,(H2,17,18,20). The number of aliphatic hydroxyl groups is 1. The summed E-state index contributed by atoms with van der Waals surface area (Å²) < 4.78 is 0. The third-order valence-corrected chi connectivity index (χ3v) is 3.63. The van der Waals surface area contributed by atoms with Crippen LogP contribution in [0.3, 0.4) is 0 Å². The smallest absolute Gasteiger partial charge is 0.315 e. The minimum atomic E-state index is -0.163. The highest BCUT2D eigenvalue weighted by molar-refractivity contribution is 5.74. The maximum atomic E-state index is 11.9. The molecule has 0 aliphatic heterocycles. The van der Waals surface area contributed by atoms with Crippen LogP contribution in [0.5, 0.6) is 0 Å². The summed E-state index contributed by atoms with van der Waals surface area (Å²) in [6.07, 6.45) is 1.48. The summed E-state index contributed by atoms with van der Waals surface area (Å²) in [4.78, 5) is 11.9. The van der Waals surface area contributed by atoms with Gasteiger partial charge < -0.3 is 15.7 Å². The Morgan fingerprint density at radius 1 is 1.25 bits per heavy atom. The van der Waals surface area contributed by atoms with E-state index < -0.39 is 0 Å². The van der Waals surface area contributed by atoms with Crippen molar-refractivity contribution in [3.05, 3.63) is 34.9 Å². The number of aliphatic hydroxyl groups excluding tert-OH is 1. The van der Waals surface area contributed by atoms with Crippen molar-refractivity contribution in [2.24, 2.45) is 0 Å². The Kier molecular flexibility index (Phi) is 6.52. The number of rotatable bonds is 6. The molecule has 2 atom stereocenters. The van der Waals surface area contributed by atoms with Gasteiger partial charge in [0.25, 0.3) is 0 Å². The van der Waals surface area contributed by atoms with Crippen LogP contribution in [0.4, 0.5) is 4.79 Å². The van der Waals surface area contributed by atoms with Gasteiger partial charge in [0.2, 0.25) is 0 Å². The number of aryl methyl sites for hydroxylation is 1. The van der Waals surface area contributed by atoms with E-state index in [9.17, 15) is 4.79 Å². The molecule has 112 valence electrons. The molecule has 0 heterocycles. The fourth-order valence-corrected chi connectivity index (χ4v) is 2.25. The van der Waals surface area contributed by atoms with Crippen LogP contribution >= 0.6 is 0 Å². The second kappa shape index (κ2) is 7.90. The molecule has 4 nitrogen and oxygen atoms in total. The largest absolute Gasteiger partial charge is 0.396 e. The van der Waals surface area contributed by atoms with Crippen LogP contribution in [0.25, 0.3) is 0 Å². The lowest BCUT2D eigenvalue weighted by Crippen LogP contribution is -2.41. The number of nitrogens with one attached hydrogen (secondary N) is 2. The molecule has 0 bridgehead atoms. The van der Waals surface area contributed by atoms with Gasteiger partial charge in [-0.25, -0.2) is 4.79 Å². The molecule has 0 saturated heterocycles. The van der Waals surface area contributed by atoms with Crippen LogP contribution in [0.15, 0.2) is 18.2 Å². The molecule has 0 fully saturated rings. The number of hydrogen-bond donors (Lipinski definition) is 3. The molecule has 0 aliphatic rings. The normalized spacial score (nSPS) is 13.7. The van der Waals surface area contributed by atoms with E-state index in [1.54, 1.807) is 0 Å². The predicted octanol–water partition coefficient (Wildman–Crippen LogP) is 2.82. The number of benzene rings is 1. The highest BCUT2D eigenvalue weighted by Crippen LogP contribution is 2.19. The number of hydrogen-bond acceptors (Lipinski definition) is 2. The third kappa shape index (κ3) is 4.85. The van der Waals surface area contributed by atoms with Gasteiger partial charge in [0.15, 0.2) is 0 Å². The molecule has 1 aromatic rings. The molecule has 0 radical (unpaired) electrons. The lowest BCUT2D eigenvalue weighted by atomic mass is 9.98. The van der Waals surface area contributed by atoms with Crippen LogP contribution < -0.4 is 10.6 Å². The van der Waals surface area contributed by atoms with Gasteiger partial charge in [-0.15, -0.1) is 0 Å². The van der Waals surface area contributed by atoms with Crippen LogP contribution in [0, 0.1) is 13.8 Å². The first-order valence-electron chi connectivity index (χ1n) is 7.19. The molecule has 1 aromatic carbocycles. The number of amides is 2. The highest BCUT2D eigenvalue weighted by atomic mass is 16.3. The van der Waals surface area contributed by atoms with Crippen LogP contribution in [-0.4, -0.2) is 23.8 Å². The van der Waals surface area contributed by atoms with E-state index in [2.05, 4.69) is 30.5 Å². The van der Waals surface area contributed by atoms with E-state index in [1.165, 1.54) is 11.1 Å². The first-order valence-corrected chi connectivity index (χ1v) is 7.19. The Hall–Kier alpha value is -1.55. The SMILES string of the molecule is Cc1cccc(C(C)NC(=O)NC(C)CCCO)c1C. The molecular weight excluding hydrogens is 252 g/mol. The second-order valence-electron chi connectivity index (χ2n) is 5.40. The lowest BCUT2D eigenvalue weighted by Gasteiger charge is -2.20. The Balaban J connectivity index is 2.55. The van der Waals surface area contributed by atoms with Crippen molar-refractivity contribution in [1.29, 1.82) is 0 Å². The van der Waals surface area contributed by atoms with E-state index in [0.29, 0.717) is 6.42 Å². The molecule has 0 saturated carbocycles. The summed E-state index contributed by atoms with van der Waals surface area (Å²) in [5.74, 6) is 0. The van der Waals surface area contributed by atoms with E-state index in [-0.39, 0.29) is 24.7 Å². The van der Waals surface area contributed by atoms with Crippen molar-refractivity contribution in [1.82, 2.24) is 10.6 Å². The van der Waals surface area contributed by atoms with Crippen molar-refractivity contribution in [3.8, 4) is 0 Å². The zero-order chi connectivity index (χ0) is 15.1. The Bertz CT molecular complexity index is 446. The summed E-state index contributed by atoms with van der Waals surface area (Å²) in [7, 11) is 0. The van der Waals surface area contributed by atoms with Crippen molar-refractivity contribution >= 4 is 6.03 Å². The number of carbonyl (C=O) groups excluding carboxylic acids is 1. The summed E-state index contributed by atoms with van der Waals surface area (Å²) in [6.45, 7) is 8.23. The fourth-order valence-electron chi connectivity index (χ4n) is 2.25. The van der Waals surface area contributed by atoms with Crippen LogP contribution in [0.1, 0.15) is 49.4 Å². The van der Waals surface area contributed by atoms with Gasteiger partial charge in [0.05, 0.1) is 6.04 Å². The van der Waals surface area contributed by atoms with Gasteiger partial charge >= 0.3 is 6.03 Å². The van der Waals surface area contributed by atoms with E-state index in [1.807, 2.05) is 26.0 Å². The molecule has 1 rings (SSSR count). The molecule has 2 unspecified atom stereocenters. The molecule has 0 aliphatic carbocycles. The first kappa shape index (κ1) is 16.5. The molecular formula is C16H26N2O2. The summed E-state index contributed by atoms with van der Waals surface area (Å²) in [6, 6.07) is 6.00. The summed E-state index contributed by atoms with van der Waals surface area (Å²) in [5.41, 5.74) is 3.59. The Labute approximate surface area is 121 Å². The number of urea groups is 1. The van der Waals surface area contributed by atoms with Gasteiger partial charge in [0, 0.05) is 12.6 Å². The molecule has 2 amide bonds. The topological polar surface area (TPSA) is 61.4 Å². The van der Waals surface area contributed by atoms with Gasteiger partial charge in [0.1, 0.15) is 0 Å². The molecule has 3 N–H and O–H groups in total. The minimum Gasteiger partial charge on any atom is -0.396 e. The van der Waals surface area contributed by atoms with Gasteiger partial charge in [-0.3, -0.25) is 0 Å². The Morgan fingerprint density at radius 3 is 2.60 bits per heavy atom. The maximum absolute atomic E-state index is 11.9. The zero-order valence-corrected chi connectivity index (χ0v) is 12.9. The molecule has 20 heavy (non-hydrogen) atoms. The summed E-state index contributed by atoms with van der Waals surface area (Å²) >= 11 is 0. The summed E-state index contributed by atoms with van der Waals surface area (Å²) in [5, 5.41) is 14.6. The van der Waals surface area contributed by atoms with E-state index in [0.717, 1.165) is 12.0 Å². The maximum Gasteiger partial charge on any atom is 0.315 e. The van der Waals surface area contributed by atoms with Gasteiger partial charge in [-0.05, 0) is 57.2 Å². The second-order valence-corrected chi connectivity index (χ2v) is 5.40. The first-order chi connectivity index (χ1) is 9.45. The van der Waals surface area contributed by atoms with Crippen molar-refractivity contribution in [2.45, 2.75) is 52.6 Å². The highest BCUT2D eigenvalue weighted by Gasteiger charge is 2.13. The van der Waals surface area contributed by atoms with Crippen LogP contribution in [0.2, 0.25) is 0 Å². The number of carbonyl (C=O) groups is 1. The monoisotopic (exact) mass is 278 g/mol. The lowest BCUT2D eigenvalue weighted by molar-refractivity contribution is 0.231. The minimum absolute atomic E-state index is 0.0278. The zero-order valence-electron chi connectivity index (χ0n) is 12.9. The van der Waals surface area contributed by atoms with E-state index in [4.69, 9.17) is 5.11 Å². The van der Waals surface area contributed by atoms with Crippen molar-refractivity contribution in [3.63, 3.8) is 0 Å². The fraction of sp³-hybridized carbons (Fsp3) is 0.562. The molecule has 0 spiro atoms. The van der Waals surface area contributed by atoms with E-state index >= 15 is 0 Å². The average molecular weight is 278 g/mol.